The zero-order chi connectivity index (χ0) is 19.2. The lowest BCUT2D eigenvalue weighted by atomic mass is 9.82. The largest absolute Gasteiger partial charge is 0.466 e. The molecule has 0 spiro atoms. The van der Waals surface area contributed by atoms with E-state index in [1.807, 2.05) is 13.8 Å². The van der Waals surface area contributed by atoms with Gasteiger partial charge in [-0.3, -0.25) is 14.4 Å². The maximum absolute atomic E-state index is 12.7. The van der Waals surface area contributed by atoms with E-state index in [4.69, 9.17) is 16.3 Å². The molecule has 2 atom stereocenters. The summed E-state index contributed by atoms with van der Waals surface area (Å²) in [6.07, 6.45) is -0.372. The minimum Gasteiger partial charge on any atom is -0.466 e. The van der Waals surface area contributed by atoms with Crippen molar-refractivity contribution in [1.82, 2.24) is 5.32 Å². The highest BCUT2D eigenvalue weighted by atomic mass is 35.5. The molecule has 0 fully saturated rings. The smallest absolute Gasteiger partial charge is 0.313 e. The van der Waals surface area contributed by atoms with Crippen molar-refractivity contribution in [2.75, 3.05) is 6.61 Å². The Morgan fingerprint density at radius 2 is 1.80 bits per heavy atom. The number of amides is 1. The zero-order valence-corrected chi connectivity index (χ0v) is 16.1. The van der Waals surface area contributed by atoms with Crippen LogP contribution in [0.4, 0.5) is 0 Å². The Hall–Kier alpha value is -1.88. The topological polar surface area (TPSA) is 72.5 Å². The van der Waals surface area contributed by atoms with Crippen LogP contribution >= 0.6 is 11.6 Å². The van der Waals surface area contributed by atoms with Crippen molar-refractivity contribution in [2.45, 2.75) is 52.5 Å². The van der Waals surface area contributed by atoms with E-state index in [9.17, 15) is 14.4 Å². The third kappa shape index (κ3) is 5.30. The number of benzene rings is 1. The molecule has 0 aromatic heterocycles. The highest BCUT2D eigenvalue weighted by Crippen LogP contribution is 2.26. The van der Waals surface area contributed by atoms with Crippen molar-refractivity contribution in [1.29, 1.82) is 0 Å². The second kappa shape index (κ2) is 8.99. The van der Waals surface area contributed by atoms with Crippen molar-refractivity contribution in [3.05, 3.63) is 34.9 Å². The van der Waals surface area contributed by atoms with E-state index in [-0.39, 0.29) is 30.6 Å². The monoisotopic (exact) mass is 367 g/mol. The predicted octanol–water partition coefficient (Wildman–Crippen LogP) is 3.50. The number of hydrogen-bond acceptors (Lipinski definition) is 4. The highest BCUT2D eigenvalue weighted by Gasteiger charge is 2.39. The molecule has 1 rings (SSSR count). The third-order valence-electron chi connectivity index (χ3n) is 4.49. The van der Waals surface area contributed by atoms with Gasteiger partial charge in [0.2, 0.25) is 5.91 Å². The van der Waals surface area contributed by atoms with Gasteiger partial charge in [0.25, 0.3) is 0 Å². The third-order valence-corrected chi connectivity index (χ3v) is 4.84. The zero-order valence-electron chi connectivity index (χ0n) is 15.4. The number of carbonyl (C=O) groups excluding carboxylic acids is 3. The Kier molecular flexibility index (Phi) is 7.61. The lowest BCUT2D eigenvalue weighted by Gasteiger charge is -2.34. The molecule has 0 heterocycles. The second-order valence-electron chi connectivity index (χ2n) is 6.49. The number of halogens is 1. The summed E-state index contributed by atoms with van der Waals surface area (Å²) in [5, 5.41) is 3.31. The summed E-state index contributed by atoms with van der Waals surface area (Å²) < 4.78 is 4.83. The highest BCUT2D eigenvalue weighted by molar-refractivity contribution is 6.31. The number of hydrogen-bond donors (Lipinski definition) is 1. The molecule has 138 valence electrons. The van der Waals surface area contributed by atoms with Gasteiger partial charge in [-0.25, -0.2) is 0 Å². The molecule has 0 bridgehead atoms. The van der Waals surface area contributed by atoms with Gasteiger partial charge in [0.15, 0.2) is 5.78 Å². The van der Waals surface area contributed by atoms with Crippen LogP contribution in [0.3, 0.4) is 0 Å². The fourth-order valence-corrected chi connectivity index (χ4v) is 2.69. The van der Waals surface area contributed by atoms with Crippen LogP contribution in [-0.2, 0) is 19.1 Å². The van der Waals surface area contributed by atoms with E-state index in [2.05, 4.69) is 5.32 Å². The van der Waals surface area contributed by atoms with Gasteiger partial charge < -0.3 is 10.1 Å². The minimum atomic E-state index is -1.17. The molecule has 0 radical (unpaired) electrons. The number of Topliss-reactive ketones (excluding diaryl/α,β-unsaturated/α-hetero) is 1. The van der Waals surface area contributed by atoms with Gasteiger partial charge in [-0.1, -0.05) is 43.6 Å². The number of ether oxygens (including phenoxy) is 1. The molecule has 0 saturated heterocycles. The molecule has 5 nitrogen and oxygen atoms in total. The molecule has 1 aromatic carbocycles. The van der Waals surface area contributed by atoms with Crippen LogP contribution in [-0.4, -0.2) is 29.8 Å². The van der Waals surface area contributed by atoms with E-state index >= 15 is 0 Å². The van der Waals surface area contributed by atoms with Gasteiger partial charge in [-0.2, -0.15) is 0 Å². The Balaban J connectivity index is 2.96. The first-order valence-corrected chi connectivity index (χ1v) is 8.76. The van der Waals surface area contributed by atoms with Crippen molar-refractivity contribution in [3.63, 3.8) is 0 Å². The van der Waals surface area contributed by atoms with Crippen LogP contribution in [0.1, 0.15) is 52.5 Å². The van der Waals surface area contributed by atoms with E-state index in [0.29, 0.717) is 10.6 Å². The Bertz CT molecular complexity index is 644. The van der Waals surface area contributed by atoms with Crippen molar-refractivity contribution >= 4 is 29.3 Å². The fraction of sp³-hybridized carbons (Fsp3) is 0.526. The van der Waals surface area contributed by atoms with E-state index in [1.165, 1.54) is 0 Å². The molecule has 1 aromatic rings. The molecule has 0 aliphatic rings. The Labute approximate surface area is 154 Å². The van der Waals surface area contributed by atoms with Crippen LogP contribution in [0.15, 0.2) is 24.3 Å². The quantitative estimate of drug-likeness (QED) is 0.563. The van der Waals surface area contributed by atoms with E-state index < -0.39 is 17.4 Å². The van der Waals surface area contributed by atoms with Gasteiger partial charge in [0, 0.05) is 5.02 Å². The summed E-state index contributed by atoms with van der Waals surface area (Å²) in [4.78, 5) is 36.9. The van der Waals surface area contributed by atoms with Gasteiger partial charge in [-0.05, 0) is 38.3 Å². The molecule has 6 heteroatoms. The van der Waals surface area contributed by atoms with Crippen LogP contribution in [0.2, 0.25) is 5.02 Å². The summed E-state index contributed by atoms with van der Waals surface area (Å²) in [6, 6.07) is 7.09. The fourth-order valence-electron chi connectivity index (χ4n) is 2.39. The normalized spacial score (nSPS) is 14.5. The van der Waals surface area contributed by atoms with Gasteiger partial charge >= 0.3 is 5.97 Å². The van der Waals surface area contributed by atoms with Gasteiger partial charge in [0.05, 0.1) is 18.1 Å². The van der Waals surface area contributed by atoms with Crippen molar-refractivity contribution in [3.8, 4) is 0 Å². The number of rotatable bonds is 8. The maximum Gasteiger partial charge on any atom is 0.313 e. The lowest BCUT2D eigenvalue weighted by molar-refractivity contribution is -0.148. The SMILES string of the molecule is CCOC(=O)CC(=O)C(C)(NC(=O)C(C)c1ccccc1Cl)C(C)C. The minimum absolute atomic E-state index is 0.197. The first-order valence-electron chi connectivity index (χ1n) is 8.38. The number of nitrogens with one attached hydrogen (secondary N) is 1. The number of carbonyl (C=O) groups is 3. The van der Waals surface area contributed by atoms with Gasteiger partial charge in [0.1, 0.15) is 6.42 Å². The first kappa shape index (κ1) is 21.2. The molecule has 2 unspecified atom stereocenters. The molecule has 0 aliphatic carbocycles. The average molecular weight is 368 g/mol. The second-order valence-corrected chi connectivity index (χ2v) is 6.90. The van der Waals surface area contributed by atoms with Crippen molar-refractivity contribution < 1.29 is 19.1 Å². The summed E-state index contributed by atoms with van der Waals surface area (Å²) in [6.45, 7) is 8.90. The summed E-state index contributed by atoms with van der Waals surface area (Å²) in [5.41, 5.74) is -0.482. The Morgan fingerprint density at radius 1 is 1.20 bits per heavy atom. The predicted molar refractivity (Wildman–Crippen MR) is 97.5 cm³/mol. The number of ketones is 1. The van der Waals surface area contributed by atoms with Crippen LogP contribution in [0, 0.1) is 5.92 Å². The molecular formula is C19H26ClNO4. The lowest BCUT2D eigenvalue weighted by Crippen LogP contribution is -2.57. The molecule has 1 N–H and O–H groups in total. The van der Waals surface area contributed by atoms with Crippen LogP contribution in [0.5, 0.6) is 0 Å². The van der Waals surface area contributed by atoms with Crippen LogP contribution in [0.25, 0.3) is 0 Å². The first-order chi connectivity index (χ1) is 11.6. The van der Waals surface area contributed by atoms with E-state index in [0.717, 1.165) is 0 Å². The molecule has 1 amide bonds. The van der Waals surface area contributed by atoms with Crippen molar-refractivity contribution in [2.24, 2.45) is 5.92 Å². The van der Waals surface area contributed by atoms with E-state index in [1.54, 1.807) is 45.0 Å². The average Bonchev–Trinajstić information content (AvgIpc) is 2.54. The maximum atomic E-state index is 12.7. The molecular weight excluding hydrogens is 342 g/mol. The summed E-state index contributed by atoms with van der Waals surface area (Å²) >= 11 is 6.15. The van der Waals surface area contributed by atoms with Crippen LogP contribution < -0.4 is 5.32 Å². The number of esters is 1. The summed E-state index contributed by atoms with van der Waals surface area (Å²) in [7, 11) is 0. The molecule has 0 aliphatic heterocycles. The standard InChI is InChI=1S/C19H26ClNO4/c1-6-25-17(23)11-16(22)19(5,12(2)3)21-18(24)13(4)14-9-7-8-10-15(14)20/h7-10,12-13H,6,11H2,1-5H3,(H,21,24). The van der Waals surface area contributed by atoms with Gasteiger partial charge in [-0.15, -0.1) is 0 Å². The summed E-state index contributed by atoms with van der Waals surface area (Å²) in [5.74, 6) is -2.01. The molecule has 25 heavy (non-hydrogen) atoms. The molecule has 0 saturated carbocycles. The Morgan fingerprint density at radius 3 is 2.32 bits per heavy atom.